The van der Waals surface area contributed by atoms with Crippen LogP contribution in [-0.2, 0) is 11.3 Å². The van der Waals surface area contributed by atoms with Gasteiger partial charge in [0.15, 0.2) is 5.82 Å². The second-order valence-corrected chi connectivity index (χ2v) is 6.93. The van der Waals surface area contributed by atoms with Gasteiger partial charge in [-0.2, -0.15) is 18.3 Å². The molecule has 33 heavy (non-hydrogen) atoms. The summed E-state index contributed by atoms with van der Waals surface area (Å²) in [4.78, 5) is 32.8. The molecule has 0 fully saturated rings. The molecule has 13 heteroatoms. The number of alkyl halides is 3. The zero-order valence-electron chi connectivity index (χ0n) is 16.5. The summed E-state index contributed by atoms with van der Waals surface area (Å²) in [7, 11) is 0. The number of halogens is 4. The third kappa shape index (κ3) is 4.81. The second kappa shape index (κ2) is 8.33. The highest BCUT2D eigenvalue weighted by Gasteiger charge is 2.30. The molecule has 0 saturated carbocycles. The zero-order valence-corrected chi connectivity index (χ0v) is 16.5. The average molecular weight is 462 g/mol. The summed E-state index contributed by atoms with van der Waals surface area (Å²) in [5.41, 5.74) is -0.164. The largest absolute Gasteiger partial charge is 0.478 e. The third-order valence-corrected chi connectivity index (χ3v) is 4.61. The van der Waals surface area contributed by atoms with Crippen LogP contribution < -0.4 is 5.32 Å². The van der Waals surface area contributed by atoms with Gasteiger partial charge < -0.3 is 15.3 Å². The van der Waals surface area contributed by atoms with Crippen molar-refractivity contribution < 1.29 is 32.3 Å². The molecule has 0 radical (unpaired) electrons. The lowest BCUT2D eigenvalue weighted by Crippen LogP contribution is -2.29. The Hall–Kier alpha value is -4.29. The van der Waals surface area contributed by atoms with Crippen molar-refractivity contribution in [1.82, 2.24) is 24.6 Å². The van der Waals surface area contributed by atoms with Crippen LogP contribution in [0.15, 0.2) is 54.5 Å². The highest BCUT2D eigenvalue weighted by atomic mass is 19.4. The standard InChI is InChI=1S/C20H14F4N6O3/c21-12-1-2-16(26-8-12)27-17-13-9-25-14(7-15(13)30(28-17)10-20(22,23)24)18(31)29-5-3-11(4-6-29)19(32)33/h1-5,7-9H,6,10H2,(H,32,33)(H,26,27,28). The molecule has 1 aliphatic rings. The molecule has 9 nitrogen and oxygen atoms in total. The number of nitrogens with one attached hydrogen (secondary N) is 1. The van der Waals surface area contributed by atoms with Crippen molar-refractivity contribution in [2.45, 2.75) is 12.7 Å². The van der Waals surface area contributed by atoms with E-state index in [2.05, 4.69) is 20.4 Å². The first-order chi connectivity index (χ1) is 15.6. The SMILES string of the molecule is O=C(O)C1=CCN(C(=O)c2cc3c(cn2)c(Nc2ccc(F)cn2)nn3CC(F)(F)F)C=C1. The van der Waals surface area contributed by atoms with Crippen LogP contribution in [0.3, 0.4) is 0 Å². The lowest BCUT2D eigenvalue weighted by molar-refractivity contribution is -0.141. The zero-order chi connectivity index (χ0) is 23.8. The number of pyridine rings is 2. The fourth-order valence-corrected chi connectivity index (χ4v) is 3.09. The minimum atomic E-state index is -4.59. The van der Waals surface area contributed by atoms with Crippen molar-refractivity contribution >= 4 is 34.4 Å². The van der Waals surface area contributed by atoms with Gasteiger partial charge in [0.25, 0.3) is 5.91 Å². The van der Waals surface area contributed by atoms with Crippen LogP contribution in [0.2, 0.25) is 0 Å². The van der Waals surface area contributed by atoms with Crippen LogP contribution in [0.4, 0.5) is 29.2 Å². The molecule has 4 heterocycles. The van der Waals surface area contributed by atoms with Crippen molar-refractivity contribution in [3.8, 4) is 0 Å². The Labute approximate surface area is 182 Å². The molecule has 0 aliphatic carbocycles. The summed E-state index contributed by atoms with van der Waals surface area (Å²) in [6.07, 6.45) is 1.35. The van der Waals surface area contributed by atoms with Gasteiger partial charge >= 0.3 is 12.1 Å². The van der Waals surface area contributed by atoms with Gasteiger partial charge in [-0.3, -0.25) is 14.5 Å². The summed E-state index contributed by atoms with van der Waals surface area (Å²) in [6, 6.07) is 3.58. The molecular weight excluding hydrogens is 448 g/mol. The van der Waals surface area contributed by atoms with E-state index < -0.39 is 30.4 Å². The Bertz CT molecular complexity index is 1300. The first-order valence-corrected chi connectivity index (χ1v) is 9.35. The fourth-order valence-electron chi connectivity index (χ4n) is 3.09. The Morgan fingerprint density at radius 3 is 2.58 bits per heavy atom. The topological polar surface area (TPSA) is 113 Å². The molecule has 1 aliphatic heterocycles. The van der Waals surface area contributed by atoms with Crippen LogP contribution >= 0.6 is 0 Å². The molecular formula is C20H14F4N6O3. The third-order valence-electron chi connectivity index (χ3n) is 4.61. The van der Waals surface area contributed by atoms with E-state index in [1.165, 1.54) is 41.6 Å². The molecule has 0 bridgehead atoms. The summed E-state index contributed by atoms with van der Waals surface area (Å²) < 4.78 is 53.1. The molecule has 0 atom stereocenters. The number of hydrogen-bond acceptors (Lipinski definition) is 6. The first kappa shape index (κ1) is 21.9. The summed E-state index contributed by atoms with van der Waals surface area (Å²) in [5.74, 6) is -2.23. The van der Waals surface area contributed by atoms with Crippen LogP contribution in [0.5, 0.6) is 0 Å². The van der Waals surface area contributed by atoms with Crippen LogP contribution in [0.25, 0.3) is 10.9 Å². The number of aliphatic carboxylic acids is 1. The minimum Gasteiger partial charge on any atom is -0.478 e. The Kier molecular flexibility index (Phi) is 5.54. The van der Waals surface area contributed by atoms with Crippen LogP contribution in [0.1, 0.15) is 10.5 Å². The van der Waals surface area contributed by atoms with Crippen molar-refractivity contribution in [2.75, 3.05) is 11.9 Å². The van der Waals surface area contributed by atoms with E-state index in [1.54, 1.807) is 0 Å². The number of anilines is 2. The Morgan fingerprint density at radius 2 is 1.97 bits per heavy atom. The fraction of sp³-hybridized carbons (Fsp3) is 0.150. The smallest absolute Gasteiger partial charge is 0.408 e. The maximum absolute atomic E-state index is 13.1. The lowest BCUT2D eigenvalue weighted by Gasteiger charge is -2.19. The quantitative estimate of drug-likeness (QED) is 0.560. The van der Waals surface area contributed by atoms with E-state index >= 15 is 0 Å². The van der Waals surface area contributed by atoms with Crippen molar-refractivity contribution in [3.05, 3.63) is 66.0 Å². The first-order valence-electron chi connectivity index (χ1n) is 9.35. The van der Waals surface area contributed by atoms with E-state index in [-0.39, 0.29) is 40.4 Å². The van der Waals surface area contributed by atoms with Gasteiger partial charge in [-0.25, -0.2) is 14.2 Å². The minimum absolute atomic E-state index is 0.00763. The number of aromatic nitrogens is 4. The number of amides is 1. The predicted molar refractivity (Wildman–Crippen MR) is 107 cm³/mol. The van der Waals surface area contributed by atoms with Gasteiger partial charge in [0.1, 0.15) is 23.9 Å². The monoisotopic (exact) mass is 462 g/mol. The summed E-state index contributed by atoms with van der Waals surface area (Å²) in [6.45, 7) is -1.46. The van der Waals surface area contributed by atoms with Crippen molar-refractivity contribution in [3.63, 3.8) is 0 Å². The molecule has 170 valence electrons. The van der Waals surface area contributed by atoms with E-state index in [9.17, 15) is 27.2 Å². The van der Waals surface area contributed by atoms with Gasteiger partial charge in [0.2, 0.25) is 0 Å². The molecule has 1 amide bonds. The van der Waals surface area contributed by atoms with Crippen LogP contribution in [-0.4, -0.2) is 54.4 Å². The Morgan fingerprint density at radius 1 is 1.18 bits per heavy atom. The summed E-state index contributed by atoms with van der Waals surface area (Å²) >= 11 is 0. The molecule has 0 spiro atoms. The number of carbonyl (C=O) groups excluding carboxylic acids is 1. The Balaban J connectivity index is 1.68. The summed E-state index contributed by atoms with van der Waals surface area (Å²) in [5, 5.41) is 15.8. The van der Waals surface area contributed by atoms with Gasteiger partial charge in [-0.15, -0.1) is 0 Å². The van der Waals surface area contributed by atoms with Crippen molar-refractivity contribution in [1.29, 1.82) is 0 Å². The number of carboxylic acid groups (broad SMARTS) is 1. The average Bonchev–Trinajstić information content (AvgIpc) is 3.09. The molecule has 4 rings (SSSR count). The van der Waals surface area contributed by atoms with E-state index in [4.69, 9.17) is 5.11 Å². The van der Waals surface area contributed by atoms with Gasteiger partial charge in [-0.1, -0.05) is 6.08 Å². The predicted octanol–water partition coefficient (Wildman–Crippen LogP) is 3.25. The van der Waals surface area contributed by atoms with E-state index in [0.29, 0.717) is 4.68 Å². The molecule has 3 aromatic heterocycles. The number of fused-ring (bicyclic) bond motifs is 1. The molecule has 3 aromatic rings. The number of nitrogens with zero attached hydrogens (tertiary/aromatic N) is 5. The molecule has 0 aromatic carbocycles. The molecule has 0 unspecified atom stereocenters. The highest BCUT2D eigenvalue weighted by Crippen LogP contribution is 2.28. The van der Waals surface area contributed by atoms with E-state index in [1.807, 2.05) is 0 Å². The number of rotatable bonds is 5. The number of hydrogen-bond donors (Lipinski definition) is 2. The lowest BCUT2D eigenvalue weighted by atomic mass is 10.2. The van der Waals surface area contributed by atoms with Crippen molar-refractivity contribution in [2.24, 2.45) is 0 Å². The maximum Gasteiger partial charge on any atom is 0.408 e. The maximum atomic E-state index is 13.1. The van der Waals surface area contributed by atoms with Gasteiger partial charge in [-0.05, 0) is 24.3 Å². The van der Waals surface area contributed by atoms with Gasteiger partial charge in [0.05, 0.1) is 22.7 Å². The number of carboxylic acids is 1. The second-order valence-electron chi connectivity index (χ2n) is 6.93. The van der Waals surface area contributed by atoms with Gasteiger partial charge in [0, 0.05) is 18.9 Å². The highest BCUT2D eigenvalue weighted by molar-refractivity contribution is 5.99. The number of carbonyl (C=O) groups is 2. The molecule has 0 saturated heterocycles. The molecule has 2 N–H and O–H groups in total. The van der Waals surface area contributed by atoms with E-state index in [0.717, 1.165) is 12.3 Å². The normalized spacial score (nSPS) is 13.8. The van der Waals surface area contributed by atoms with Crippen LogP contribution in [0, 0.1) is 5.82 Å².